The fraction of sp³-hybridized carbons (Fsp3) is 0.688. The Morgan fingerprint density at radius 3 is 2.90 bits per heavy atom. The van der Waals surface area contributed by atoms with Crippen molar-refractivity contribution in [3.63, 3.8) is 0 Å². The topological polar surface area (TPSA) is 37.4 Å². The van der Waals surface area contributed by atoms with E-state index in [9.17, 15) is 0 Å². The van der Waals surface area contributed by atoms with Gasteiger partial charge in [0.1, 0.15) is 5.82 Å². The highest BCUT2D eigenvalue weighted by atomic mass is 16.5. The van der Waals surface area contributed by atoms with Gasteiger partial charge in [-0.15, -0.1) is 0 Å². The summed E-state index contributed by atoms with van der Waals surface area (Å²) in [5.41, 5.74) is 1.13. The van der Waals surface area contributed by atoms with Crippen molar-refractivity contribution in [3.05, 3.63) is 23.9 Å². The summed E-state index contributed by atoms with van der Waals surface area (Å²) in [7, 11) is 0. The van der Waals surface area contributed by atoms with Gasteiger partial charge in [-0.05, 0) is 26.8 Å². The molecule has 2 heterocycles. The molecular formula is C16H27N3O. The number of aromatic nitrogens is 1. The Hall–Kier alpha value is -1.13. The summed E-state index contributed by atoms with van der Waals surface area (Å²) in [5.74, 6) is 1.09. The minimum absolute atomic E-state index is 0.127. The molecular weight excluding hydrogens is 250 g/mol. The van der Waals surface area contributed by atoms with E-state index in [0.29, 0.717) is 6.04 Å². The van der Waals surface area contributed by atoms with Gasteiger partial charge in [-0.25, -0.2) is 4.98 Å². The maximum absolute atomic E-state index is 5.98. The van der Waals surface area contributed by atoms with Crippen molar-refractivity contribution in [1.29, 1.82) is 0 Å². The molecule has 0 saturated carbocycles. The van der Waals surface area contributed by atoms with Crippen LogP contribution < -0.4 is 10.2 Å². The van der Waals surface area contributed by atoms with Crippen molar-refractivity contribution in [2.24, 2.45) is 0 Å². The van der Waals surface area contributed by atoms with E-state index in [4.69, 9.17) is 4.74 Å². The predicted octanol–water partition coefficient (Wildman–Crippen LogP) is 2.58. The van der Waals surface area contributed by atoms with Crippen molar-refractivity contribution >= 4 is 5.82 Å². The molecule has 1 atom stereocenters. The molecule has 20 heavy (non-hydrogen) atoms. The second kappa shape index (κ2) is 6.10. The van der Waals surface area contributed by atoms with Crippen molar-refractivity contribution in [1.82, 2.24) is 10.3 Å². The Morgan fingerprint density at radius 2 is 2.25 bits per heavy atom. The van der Waals surface area contributed by atoms with E-state index in [1.807, 2.05) is 12.3 Å². The second-order valence-electron chi connectivity index (χ2n) is 6.59. The summed E-state index contributed by atoms with van der Waals surface area (Å²) >= 11 is 0. The lowest BCUT2D eigenvalue weighted by atomic mass is 10.0. The molecule has 0 radical (unpaired) electrons. The van der Waals surface area contributed by atoms with Crippen LogP contribution in [0.2, 0.25) is 0 Å². The van der Waals surface area contributed by atoms with Crippen LogP contribution in [0.5, 0.6) is 0 Å². The van der Waals surface area contributed by atoms with Gasteiger partial charge in [-0.2, -0.15) is 0 Å². The lowest BCUT2D eigenvalue weighted by molar-refractivity contribution is -0.0752. The molecule has 2 rings (SSSR count). The summed E-state index contributed by atoms with van der Waals surface area (Å²) in [6.45, 7) is 13.4. The van der Waals surface area contributed by atoms with E-state index in [0.717, 1.165) is 25.5 Å². The fourth-order valence-electron chi connectivity index (χ4n) is 2.78. The van der Waals surface area contributed by atoms with Gasteiger partial charge in [0.05, 0.1) is 11.7 Å². The molecule has 1 aliphatic rings. The van der Waals surface area contributed by atoms with Crippen LogP contribution in [-0.4, -0.2) is 35.8 Å². The smallest absolute Gasteiger partial charge is 0.133 e. The third-order valence-corrected chi connectivity index (χ3v) is 3.44. The largest absolute Gasteiger partial charge is 0.369 e. The van der Waals surface area contributed by atoms with Crippen molar-refractivity contribution in [2.75, 3.05) is 18.0 Å². The molecule has 1 fully saturated rings. The van der Waals surface area contributed by atoms with Crippen LogP contribution in [0.3, 0.4) is 0 Å². The zero-order valence-electron chi connectivity index (χ0n) is 13.3. The summed E-state index contributed by atoms with van der Waals surface area (Å²) < 4.78 is 5.98. The molecule has 0 amide bonds. The molecule has 0 aromatic carbocycles. The third kappa shape index (κ3) is 3.93. The molecule has 4 heteroatoms. The lowest BCUT2D eigenvalue weighted by Crippen LogP contribution is -2.52. The number of hydrogen-bond donors (Lipinski definition) is 1. The predicted molar refractivity (Wildman–Crippen MR) is 83.1 cm³/mol. The second-order valence-corrected chi connectivity index (χ2v) is 6.59. The normalized spacial score (nSPS) is 22.3. The molecule has 1 aliphatic heterocycles. The van der Waals surface area contributed by atoms with Crippen LogP contribution in [0.25, 0.3) is 0 Å². The van der Waals surface area contributed by atoms with Crippen LogP contribution >= 0.6 is 0 Å². The monoisotopic (exact) mass is 277 g/mol. The van der Waals surface area contributed by atoms with Gasteiger partial charge in [-0.3, -0.25) is 0 Å². The highest BCUT2D eigenvalue weighted by Gasteiger charge is 2.32. The first kappa shape index (κ1) is 15.3. The molecule has 4 nitrogen and oxygen atoms in total. The fourth-order valence-corrected chi connectivity index (χ4v) is 2.78. The van der Waals surface area contributed by atoms with Gasteiger partial charge < -0.3 is 15.0 Å². The first-order valence-electron chi connectivity index (χ1n) is 7.47. The van der Waals surface area contributed by atoms with Crippen molar-refractivity contribution < 1.29 is 4.74 Å². The van der Waals surface area contributed by atoms with Crippen LogP contribution in [-0.2, 0) is 11.3 Å². The summed E-state index contributed by atoms with van der Waals surface area (Å²) in [6, 6.07) is 4.64. The Balaban J connectivity index is 2.19. The molecule has 1 aromatic heterocycles. The maximum Gasteiger partial charge on any atom is 0.133 e. The summed E-state index contributed by atoms with van der Waals surface area (Å²) in [4.78, 5) is 6.96. The number of nitrogens with one attached hydrogen (secondary N) is 1. The highest BCUT2D eigenvalue weighted by molar-refractivity contribution is 5.47. The highest BCUT2D eigenvalue weighted by Crippen LogP contribution is 2.26. The van der Waals surface area contributed by atoms with E-state index in [1.165, 1.54) is 5.56 Å². The van der Waals surface area contributed by atoms with Gasteiger partial charge >= 0.3 is 0 Å². The van der Waals surface area contributed by atoms with E-state index >= 15 is 0 Å². The first-order chi connectivity index (χ1) is 9.37. The number of pyridine rings is 1. The van der Waals surface area contributed by atoms with Gasteiger partial charge in [0, 0.05) is 37.4 Å². The van der Waals surface area contributed by atoms with E-state index < -0.39 is 0 Å². The van der Waals surface area contributed by atoms with E-state index in [-0.39, 0.29) is 11.7 Å². The van der Waals surface area contributed by atoms with Gasteiger partial charge in [0.15, 0.2) is 0 Å². The van der Waals surface area contributed by atoms with Gasteiger partial charge in [0.2, 0.25) is 0 Å². The van der Waals surface area contributed by atoms with Crippen LogP contribution in [0.1, 0.15) is 40.2 Å². The van der Waals surface area contributed by atoms with E-state index in [2.05, 4.69) is 55.9 Å². The third-order valence-electron chi connectivity index (χ3n) is 3.44. The van der Waals surface area contributed by atoms with Crippen LogP contribution in [0, 0.1) is 0 Å². The van der Waals surface area contributed by atoms with E-state index in [1.54, 1.807) is 0 Å². The molecule has 0 spiro atoms. The number of anilines is 1. The van der Waals surface area contributed by atoms with Crippen LogP contribution in [0.4, 0.5) is 5.82 Å². The molecule has 1 aromatic rings. The number of hydrogen-bond acceptors (Lipinski definition) is 4. The Labute approximate surface area is 122 Å². The Kier molecular flexibility index (Phi) is 4.66. The zero-order valence-corrected chi connectivity index (χ0v) is 13.3. The molecule has 112 valence electrons. The molecule has 1 unspecified atom stereocenters. The zero-order chi connectivity index (χ0) is 14.8. The quantitative estimate of drug-likeness (QED) is 0.918. The Morgan fingerprint density at radius 1 is 1.50 bits per heavy atom. The van der Waals surface area contributed by atoms with Gasteiger partial charge in [-0.1, -0.05) is 19.9 Å². The summed E-state index contributed by atoms with van der Waals surface area (Å²) in [6.07, 6.45) is 2.10. The number of nitrogens with zero attached hydrogens (tertiary/aromatic N) is 2. The minimum atomic E-state index is -0.127. The number of morpholine rings is 1. The standard InChI is InChI=1S/C16H27N3O/c1-12(2)18-9-14-7-6-8-17-15(14)19-10-13(3)20-16(4,5)11-19/h6-8,12-13,18H,9-11H2,1-5H3. The Bertz CT molecular complexity index is 445. The molecule has 1 N–H and O–H groups in total. The molecule has 0 aliphatic carbocycles. The molecule has 1 saturated heterocycles. The lowest BCUT2D eigenvalue weighted by Gasteiger charge is -2.42. The first-order valence-corrected chi connectivity index (χ1v) is 7.47. The molecule has 0 bridgehead atoms. The average molecular weight is 277 g/mol. The van der Waals surface area contributed by atoms with Crippen LogP contribution in [0.15, 0.2) is 18.3 Å². The number of rotatable bonds is 4. The SMILES string of the molecule is CC(C)NCc1cccnc1N1CC(C)OC(C)(C)C1. The number of ether oxygens (including phenoxy) is 1. The van der Waals surface area contributed by atoms with Crippen molar-refractivity contribution in [2.45, 2.75) is 58.9 Å². The summed E-state index contributed by atoms with van der Waals surface area (Å²) in [5, 5.41) is 3.48. The van der Waals surface area contributed by atoms with Crippen molar-refractivity contribution in [3.8, 4) is 0 Å². The van der Waals surface area contributed by atoms with Gasteiger partial charge in [0.25, 0.3) is 0 Å². The minimum Gasteiger partial charge on any atom is -0.369 e. The maximum atomic E-state index is 5.98. The average Bonchev–Trinajstić information content (AvgIpc) is 2.34.